The van der Waals surface area contributed by atoms with Crippen LogP contribution in [0.3, 0.4) is 0 Å². The number of nitrogens with zero attached hydrogens (tertiary/aromatic N) is 1. The Morgan fingerprint density at radius 1 is 1.30 bits per heavy atom. The van der Waals surface area contributed by atoms with Crippen molar-refractivity contribution in [3.8, 4) is 0 Å². The van der Waals surface area contributed by atoms with Crippen molar-refractivity contribution in [1.29, 1.82) is 0 Å². The number of benzene rings is 1. The van der Waals surface area contributed by atoms with Crippen LogP contribution in [0.15, 0.2) is 30.3 Å². The monoisotopic (exact) mass is 328 g/mol. The predicted octanol–water partition coefficient (Wildman–Crippen LogP) is 3.87. The van der Waals surface area contributed by atoms with Gasteiger partial charge in [-0.15, -0.1) is 11.3 Å². The molecule has 4 heteroatoms. The summed E-state index contributed by atoms with van der Waals surface area (Å²) < 4.78 is 0. The van der Waals surface area contributed by atoms with Gasteiger partial charge >= 0.3 is 0 Å². The molecule has 0 unspecified atom stereocenters. The number of fused-ring (bicyclic) bond motifs is 1. The van der Waals surface area contributed by atoms with Crippen molar-refractivity contribution in [3.05, 3.63) is 51.2 Å². The number of nitrogens with one attached hydrogen (secondary N) is 1. The molecular weight excluding hydrogens is 304 g/mol. The first-order chi connectivity index (χ1) is 11.0. The Bertz CT molecular complexity index is 688. The Hall–Kier alpha value is -1.81. The Morgan fingerprint density at radius 3 is 2.74 bits per heavy atom. The van der Waals surface area contributed by atoms with Gasteiger partial charge in [-0.3, -0.25) is 4.79 Å². The van der Waals surface area contributed by atoms with Crippen LogP contribution in [0, 0.1) is 5.92 Å². The average molecular weight is 328 g/mol. The van der Waals surface area contributed by atoms with Gasteiger partial charge in [0.25, 0.3) is 5.91 Å². The molecule has 1 aliphatic rings. The summed E-state index contributed by atoms with van der Waals surface area (Å²) in [5, 5.41) is 3.04. The van der Waals surface area contributed by atoms with Crippen molar-refractivity contribution in [2.24, 2.45) is 5.92 Å². The third kappa shape index (κ3) is 3.75. The maximum absolute atomic E-state index is 12.4. The highest BCUT2D eigenvalue weighted by Gasteiger charge is 2.20. The van der Waals surface area contributed by atoms with Gasteiger partial charge in [-0.2, -0.15) is 0 Å². The molecule has 1 N–H and O–H groups in total. The normalized spacial score (nSPS) is 16.7. The van der Waals surface area contributed by atoms with Gasteiger partial charge in [0.2, 0.25) is 0 Å². The smallest absolute Gasteiger partial charge is 0.261 e. The van der Waals surface area contributed by atoms with Crippen LogP contribution in [0.4, 0.5) is 5.69 Å². The number of carbonyl (C=O) groups is 1. The van der Waals surface area contributed by atoms with Crippen LogP contribution in [0.2, 0.25) is 0 Å². The molecule has 0 aliphatic heterocycles. The zero-order valence-electron chi connectivity index (χ0n) is 14.1. The predicted molar refractivity (Wildman–Crippen MR) is 97.4 cm³/mol. The molecule has 1 heterocycles. The average Bonchev–Trinajstić information content (AvgIpc) is 2.96. The molecule has 1 amide bonds. The van der Waals surface area contributed by atoms with E-state index < -0.39 is 0 Å². The van der Waals surface area contributed by atoms with Crippen molar-refractivity contribution >= 4 is 22.9 Å². The lowest BCUT2D eigenvalue weighted by atomic mass is 9.90. The molecule has 1 aromatic carbocycles. The van der Waals surface area contributed by atoms with Crippen LogP contribution in [-0.4, -0.2) is 20.0 Å². The summed E-state index contributed by atoms with van der Waals surface area (Å²) in [5.74, 6) is 0.789. The fourth-order valence-corrected chi connectivity index (χ4v) is 4.12. The number of anilines is 1. The molecule has 2 aromatic rings. The number of hydrogen-bond acceptors (Lipinski definition) is 3. The summed E-state index contributed by atoms with van der Waals surface area (Å²) >= 11 is 1.67. The Labute approximate surface area is 142 Å². The number of amides is 1. The Balaban J connectivity index is 1.61. The van der Waals surface area contributed by atoms with E-state index in [9.17, 15) is 4.79 Å². The van der Waals surface area contributed by atoms with Gasteiger partial charge in [0.15, 0.2) is 0 Å². The Morgan fingerprint density at radius 2 is 2.04 bits per heavy atom. The second kappa shape index (κ2) is 6.75. The molecule has 1 aromatic heterocycles. The molecule has 0 bridgehead atoms. The summed E-state index contributed by atoms with van der Waals surface area (Å²) in [7, 11) is 4.05. The first-order valence-electron chi connectivity index (χ1n) is 8.19. The summed E-state index contributed by atoms with van der Waals surface area (Å²) in [6, 6.07) is 10.4. The van der Waals surface area contributed by atoms with E-state index in [1.165, 1.54) is 22.5 Å². The Kier molecular flexibility index (Phi) is 4.71. The zero-order chi connectivity index (χ0) is 16.4. The van der Waals surface area contributed by atoms with E-state index in [0.29, 0.717) is 6.54 Å². The fraction of sp³-hybridized carbons (Fsp3) is 0.421. The van der Waals surface area contributed by atoms with Crippen LogP contribution < -0.4 is 10.2 Å². The maximum atomic E-state index is 12.4. The molecule has 0 saturated heterocycles. The summed E-state index contributed by atoms with van der Waals surface area (Å²) in [6.07, 6.45) is 3.48. The number of thiophene rings is 1. The number of rotatable bonds is 4. The van der Waals surface area contributed by atoms with Gasteiger partial charge < -0.3 is 10.2 Å². The summed E-state index contributed by atoms with van der Waals surface area (Å²) in [5.41, 5.74) is 3.67. The van der Waals surface area contributed by atoms with E-state index >= 15 is 0 Å². The highest BCUT2D eigenvalue weighted by molar-refractivity contribution is 7.14. The fourth-order valence-electron chi connectivity index (χ4n) is 3.00. The second-order valence-electron chi connectivity index (χ2n) is 6.65. The molecule has 1 aliphatic carbocycles. The van der Waals surface area contributed by atoms with Crippen LogP contribution in [0.1, 0.15) is 39.0 Å². The molecule has 0 radical (unpaired) electrons. The van der Waals surface area contributed by atoms with Crippen molar-refractivity contribution in [2.75, 3.05) is 19.0 Å². The van der Waals surface area contributed by atoms with Gasteiger partial charge in [-0.25, -0.2) is 0 Å². The quantitative estimate of drug-likeness (QED) is 0.924. The maximum Gasteiger partial charge on any atom is 0.261 e. The van der Waals surface area contributed by atoms with Crippen molar-refractivity contribution in [3.63, 3.8) is 0 Å². The van der Waals surface area contributed by atoms with Crippen molar-refractivity contribution in [2.45, 2.75) is 32.7 Å². The topological polar surface area (TPSA) is 32.3 Å². The van der Waals surface area contributed by atoms with E-state index in [1.807, 2.05) is 14.1 Å². The first-order valence-corrected chi connectivity index (χ1v) is 9.00. The molecule has 3 rings (SSSR count). The lowest BCUT2D eigenvalue weighted by Crippen LogP contribution is -2.21. The van der Waals surface area contributed by atoms with Crippen LogP contribution in [0.25, 0.3) is 0 Å². The molecule has 23 heavy (non-hydrogen) atoms. The lowest BCUT2D eigenvalue weighted by Gasteiger charge is -2.16. The van der Waals surface area contributed by atoms with E-state index in [0.717, 1.165) is 29.2 Å². The molecule has 0 saturated carbocycles. The summed E-state index contributed by atoms with van der Waals surface area (Å²) in [4.78, 5) is 16.7. The van der Waals surface area contributed by atoms with Gasteiger partial charge in [-0.1, -0.05) is 19.1 Å². The largest absolute Gasteiger partial charge is 0.378 e. The SMILES string of the molecule is C[C@H]1CCc2sc(C(=O)NCc3ccc(N(C)C)cc3)cc2C1. The van der Waals surface area contributed by atoms with Gasteiger partial charge in [0.05, 0.1) is 4.88 Å². The first kappa shape index (κ1) is 16.1. The highest BCUT2D eigenvalue weighted by Crippen LogP contribution is 2.32. The standard InChI is InChI=1S/C19H24N2OS/c1-13-4-9-17-15(10-13)11-18(23-17)19(22)20-12-14-5-7-16(8-6-14)21(2)3/h5-8,11,13H,4,9-10,12H2,1-3H3,(H,20,22)/t13-/m0/s1. The molecule has 122 valence electrons. The van der Waals surface area contributed by atoms with Crippen LogP contribution in [0.5, 0.6) is 0 Å². The van der Waals surface area contributed by atoms with E-state index in [4.69, 9.17) is 0 Å². The van der Waals surface area contributed by atoms with E-state index in [-0.39, 0.29) is 5.91 Å². The molecule has 3 nitrogen and oxygen atoms in total. The number of carbonyl (C=O) groups excluding carboxylic acids is 1. The minimum absolute atomic E-state index is 0.0498. The minimum atomic E-state index is 0.0498. The number of hydrogen-bond donors (Lipinski definition) is 1. The van der Waals surface area contributed by atoms with E-state index in [1.54, 1.807) is 11.3 Å². The summed E-state index contributed by atoms with van der Waals surface area (Å²) in [6.45, 7) is 2.86. The number of aryl methyl sites for hydroxylation is 1. The van der Waals surface area contributed by atoms with E-state index in [2.05, 4.69) is 47.5 Å². The molecular formula is C19H24N2OS. The lowest BCUT2D eigenvalue weighted by molar-refractivity contribution is 0.0955. The highest BCUT2D eigenvalue weighted by atomic mass is 32.1. The van der Waals surface area contributed by atoms with Gasteiger partial charge in [-0.05, 0) is 54.5 Å². The zero-order valence-corrected chi connectivity index (χ0v) is 14.9. The van der Waals surface area contributed by atoms with Gasteiger partial charge in [0.1, 0.15) is 0 Å². The third-order valence-electron chi connectivity index (χ3n) is 4.46. The van der Waals surface area contributed by atoms with Crippen molar-refractivity contribution < 1.29 is 4.79 Å². The van der Waals surface area contributed by atoms with Crippen LogP contribution >= 0.6 is 11.3 Å². The van der Waals surface area contributed by atoms with Crippen LogP contribution in [-0.2, 0) is 19.4 Å². The third-order valence-corrected chi connectivity index (χ3v) is 5.69. The van der Waals surface area contributed by atoms with Gasteiger partial charge in [0, 0.05) is 31.2 Å². The minimum Gasteiger partial charge on any atom is -0.378 e. The van der Waals surface area contributed by atoms with Crippen molar-refractivity contribution in [1.82, 2.24) is 5.32 Å². The second-order valence-corrected chi connectivity index (χ2v) is 7.79. The molecule has 0 spiro atoms. The molecule has 1 atom stereocenters. The molecule has 0 fully saturated rings.